The minimum Gasteiger partial charge on any atom is -0.372 e. The molecule has 2 heterocycles. The van der Waals surface area contributed by atoms with E-state index in [1.807, 2.05) is 4.90 Å². The fourth-order valence-electron chi connectivity index (χ4n) is 3.84. The van der Waals surface area contributed by atoms with Gasteiger partial charge in [0.2, 0.25) is 11.8 Å². The minimum atomic E-state index is -3.01. The van der Waals surface area contributed by atoms with Crippen molar-refractivity contribution in [1.82, 2.24) is 4.90 Å². The summed E-state index contributed by atoms with van der Waals surface area (Å²) in [6, 6.07) is 2.51. The highest BCUT2D eigenvalue weighted by molar-refractivity contribution is 6.14. The average molecular weight is 353 g/mol. The third kappa shape index (κ3) is 2.56. The molecule has 0 radical (unpaired) electrons. The number of carbonyl (C=O) groups is 2. The Bertz CT molecular complexity index is 766. The predicted molar refractivity (Wildman–Crippen MR) is 85.1 cm³/mol. The van der Waals surface area contributed by atoms with Crippen LogP contribution in [0.3, 0.4) is 0 Å². The van der Waals surface area contributed by atoms with E-state index in [0.29, 0.717) is 12.0 Å². The number of anilines is 1. The van der Waals surface area contributed by atoms with Crippen LogP contribution in [0.2, 0.25) is 0 Å². The third-order valence-corrected chi connectivity index (χ3v) is 5.01. The van der Waals surface area contributed by atoms with Gasteiger partial charge in [-0.2, -0.15) is 0 Å². The second kappa shape index (κ2) is 6.09. The monoisotopic (exact) mass is 353 g/mol. The second-order valence-electron chi connectivity index (χ2n) is 6.37. The first kappa shape index (κ1) is 17.3. The van der Waals surface area contributed by atoms with Crippen molar-refractivity contribution in [3.05, 3.63) is 41.4 Å². The van der Waals surface area contributed by atoms with Crippen LogP contribution in [0.4, 0.5) is 18.9 Å². The number of nitrogens with zero attached hydrogens (tertiary/aromatic N) is 1. The maximum absolute atomic E-state index is 13.4. The molecular formula is C17H18F3N3O2. The van der Waals surface area contributed by atoms with E-state index in [1.54, 1.807) is 13.1 Å². The molecule has 3 rings (SSSR count). The minimum absolute atomic E-state index is 0.00780. The summed E-state index contributed by atoms with van der Waals surface area (Å²) in [5.74, 6) is -2.53. The van der Waals surface area contributed by atoms with Gasteiger partial charge in [-0.05, 0) is 49.7 Å². The Balaban J connectivity index is 1.95. The molecule has 2 aliphatic heterocycles. The van der Waals surface area contributed by atoms with Gasteiger partial charge in [0.1, 0.15) is 5.82 Å². The van der Waals surface area contributed by atoms with Crippen molar-refractivity contribution in [2.24, 2.45) is 11.1 Å². The number of benzene rings is 1. The summed E-state index contributed by atoms with van der Waals surface area (Å²) in [5.41, 5.74) is 3.72. The van der Waals surface area contributed by atoms with Crippen LogP contribution in [0.1, 0.15) is 31.8 Å². The number of alkyl halides is 2. The lowest BCUT2D eigenvalue weighted by atomic mass is 9.74. The average Bonchev–Trinajstić information content (AvgIpc) is 3.07. The summed E-state index contributed by atoms with van der Waals surface area (Å²) in [6.07, 6.45) is 0.177. The Kier molecular flexibility index (Phi) is 4.22. The highest BCUT2D eigenvalue weighted by Gasteiger charge is 2.58. The molecule has 2 amide bonds. The quantitative estimate of drug-likeness (QED) is 0.817. The van der Waals surface area contributed by atoms with E-state index in [1.165, 1.54) is 6.07 Å². The van der Waals surface area contributed by atoms with Gasteiger partial charge in [-0.3, -0.25) is 9.59 Å². The third-order valence-electron chi connectivity index (χ3n) is 5.01. The van der Waals surface area contributed by atoms with Crippen molar-refractivity contribution in [2.75, 3.05) is 11.9 Å². The summed E-state index contributed by atoms with van der Waals surface area (Å²) in [7, 11) is 0. The van der Waals surface area contributed by atoms with Crippen LogP contribution in [0.25, 0.3) is 0 Å². The molecule has 2 atom stereocenters. The fraction of sp³-hybridized carbons (Fsp3) is 0.412. The van der Waals surface area contributed by atoms with E-state index >= 15 is 0 Å². The number of nitrogens with one attached hydrogen (secondary N) is 1. The zero-order valence-electron chi connectivity index (χ0n) is 13.6. The van der Waals surface area contributed by atoms with Gasteiger partial charge in [0, 0.05) is 12.2 Å². The predicted octanol–water partition coefficient (Wildman–Crippen LogP) is 2.56. The molecule has 2 aliphatic rings. The number of hydrogen-bond acceptors (Lipinski definition) is 3. The first-order valence-electron chi connectivity index (χ1n) is 7.92. The number of hydrogen-bond donors (Lipinski definition) is 2. The van der Waals surface area contributed by atoms with Gasteiger partial charge < -0.3 is 16.0 Å². The van der Waals surface area contributed by atoms with E-state index in [-0.39, 0.29) is 11.7 Å². The van der Waals surface area contributed by atoms with E-state index in [4.69, 9.17) is 5.73 Å². The standard InChI is InChI=1S/C17H18F3N3O2/c1-9-8-23-6-2-3-13(23)17(9,15(21)24)16(25)22-10-4-5-12(18)11(7-10)14(19)20/h4-5,7-8,13-14H,2-3,6H2,1H3,(H2,21,24)(H,22,25). The van der Waals surface area contributed by atoms with E-state index < -0.39 is 35.0 Å². The zero-order chi connectivity index (χ0) is 18.4. The topological polar surface area (TPSA) is 75.4 Å². The fourth-order valence-corrected chi connectivity index (χ4v) is 3.84. The maximum Gasteiger partial charge on any atom is 0.266 e. The SMILES string of the molecule is CC1=CN2CCCC2C1(C(N)=O)C(=O)Nc1ccc(F)c(C(F)F)c1. The first-order valence-corrected chi connectivity index (χ1v) is 7.92. The van der Waals surface area contributed by atoms with Crippen molar-refractivity contribution in [2.45, 2.75) is 32.2 Å². The molecule has 25 heavy (non-hydrogen) atoms. The van der Waals surface area contributed by atoms with E-state index in [2.05, 4.69) is 5.32 Å². The summed E-state index contributed by atoms with van der Waals surface area (Å²) >= 11 is 0. The normalized spacial score (nSPS) is 25.1. The first-order chi connectivity index (χ1) is 11.8. The van der Waals surface area contributed by atoms with Crippen LogP contribution in [0, 0.1) is 11.2 Å². The van der Waals surface area contributed by atoms with Crippen LogP contribution in [-0.4, -0.2) is 29.3 Å². The molecule has 3 N–H and O–H groups in total. The molecule has 134 valence electrons. The van der Waals surface area contributed by atoms with Gasteiger partial charge in [0.25, 0.3) is 6.43 Å². The molecule has 8 heteroatoms. The van der Waals surface area contributed by atoms with Gasteiger partial charge in [0.15, 0.2) is 5.41 Å². The van der Waals surface area contributed by atoms with Gasteiger partial charge in [-0.1, -0.05) is 0 Å². The molecule has 1 aromatic rings. The lowest BCUT2D eigenvalue weighted by Gasteiger charge is -2.33. The number of fused-ring (bicyclic) bond motifs is 1. The lowest BCUT2D eigenvalue weighted by molar-refractivity contribution is -0.138. The van der Waals surface area contributed by atoms with Gasteiger partial charge in [-0.25, -0.2) is 13.2 Å². The Morgan fingerprint density at radius 3 is 2.76 bits per heavy atom. The molecular weight excluding hydrogens is 335 g/mol. The van der Waals surface area contributed by atoms with E-state index in [0.717, 1.165) is 25.1 Å². The smallest absolute Gasteiger partial charge is 0.266 e. The Morgan fingerprint density at radius 1 is 1.40 bits per heavy atom. The summed E-state index contributed by atoms with van der Waals surface area (Å²) in [6.45, 7) is 2.37. The van der Waals surface area contributed by atoms with Crippen LogP contribution in [-0.2, 0) is 9.59 Å². The van der Waals surface area contributed by atoms with Crippen molar-refractivity contribution in [1.29, 1.82) is 0 Å². The second-order valence-corrected chi connectivity index (χ2v) is 6.37. The number of nitrogens with two attached hydrogens (primary N) is 1. The number of amides is 2. The molecule has 0 saturated carbocycles. The van der Waals surface area contributed by atoms with Crippen LogP contribution >= 0.6 is 0 Å². The lowest BCUT2D eigenvalue weighted by Crippen LogP contribution is -2.55. The number of carbonyl (C=O) groups excluding carboxylic acids is 2. The molecule has 1 aromatic carbocycles. The molecule has 1 fully saturated rings. The molecule has 2 unspecified atom stereocenters. The maximum atomic E-state index is 13.4. The van der Waals surface area contributed by atoms with Crippen molar-refractivity contribution in [3.63, 3.8) is 0 Å². The Hall–Kier alpha value is -2.51. The zero-order valence-corrected chi connectivity index (χ0v) is 13.6. The summed E-state index contributed by atoms with van der Waals surface area (Å²) in [5, 5.41) is 2.46. The molecule has 1 saturated heterocycles. The molecule has 0 spiro atoms. The highest BCUT2D eigenvalue weighted by Crippen LogP contribution is 2.46. The number of primary amides is 1. The molecule has 5 nitrogen and oxygen atoms in total. The molecule has 0 aliphatic carbocycles. The van der Waals surface area contributed by atoms with Crippen molar-refractivity contribution in [3.8, 4) is 0 Å². The van der Waals surface area contributed by atoms with Crippen molar-refractivity contribution >= 4 is 17.5 Å². The van der Waals surface area contributed by atoms with Gasteiger partial charge in [0.05, 0.1) is 11.6 Å². The Morgan fingerprint density at radius 2 is 2.12 bits per heavy atom. The number of halogens is 3. The number of rotatable bonds is 4. The largest absolute Gasteiger partial charge is 0.372 e. The highest BCUT2D eigenvalue weighted by atomic mass is 19.3. The van der Waals surface area contributed by atoms with Crippen LogP contribution in [0.15, 0.2) is 30.0 Å². The van der Waals surface area contributed by atoms with Crippen molar-refractivity contribution < 1.29 is 22.8 Å². The van der Waals surface area contributed by atoms with Gasteiger partial charge in [-0.15, -0.1) is 0 Å². The summed E-state index contributed by atoms with van der Waals surface area (Å²) in [4.78, 5) is 27.1. The molecule has 0 bridgehead atoms. The summed E-state index contributed by atoms with van der Waals surface area (Å²) < 4.78 is 39.1. The Labute approximate surface area is 142 Å². The van der Waals surface area contributed by atoms with E-state index in [9.17, 15) is 22.8 Å². The molecule has 0 aromatic heterocycles. The van der Waals surface area contributed by atoms with Crippen LogP contribution < -0.4 is 11.1 Å². The van der Waals surface area contributed by atoms with Crippen LogP contribution in [0.5, 0.6) is 0 Å². The van der Waals surface area contributed by atoms with Gasteiger partial charge >= 0.3 is 0 Å².